The molecule has 2 N–H and O–H groups in total. The zero-order chi connectivity index (χ0) is 9.84. The van der Waals surface area contributed by atoms with Gasteiger partial charge in [-0.1, -0.05) is 12.1 Å². The summed E-state index contributed by atoms with van der Waals surface area (Å²) in [4.78, 5) is 0. The lowest BCUT2D eigenvalue weighted by Crippen LogP contribution is -2.33. The van der Waals surface area contributed by atoms with Gasteiger partial charge < -0.3 is 10.5 Å². The first-order valence-electron chi connectivity index (χ1n) is 4.28. The van der Waals surface area contributed by atoms with Crippen LogP contribution >= 0.6 is 0 Å². The predicted octanol–water partition coefficient (Wildman–Crippen LogP) is 1.94. The maximum Gasteiger partial charge on any atom is 0.165 e. The largest absolute Gasteiger partial charge is 0.486 e. The highest BCUT2D eigenvalue weighted by Crippen LogP contribution is 2.17. The van der Waals surface area contributed by atoms with Crippen LogP contribution in [0.15, 0.2) is 24.3 Å². The van der Waals surface area contributed by atoms with Crippen molar-refractivity contribution in [2.75, 3.05) is 0 Å². The van der Waals surface area contributed by atoms with Gasteiger partial charge in [-0.3, -0.25) is 0 Å². The second-order valence-electron chi connectivity index (χ2n) is 3.11. The molecule has 0 aliphatic carbocycles. The minimum atomic E-state index is -0.352. The lowest BCUT2D eigenvalue weighted by molar-refractivity contribution is 0.188. The first-order valence-corrected chi connectivity index (χ1v) is 4.28. The van der Waals surface area contributed by atoms with Gasteiger partial charge in [0.1, 0.15) is 6.10 Å². The van der Waals surface area contributed by atoms with Crippen LogP contribution in [0.5, 0.6) is 5.75 Å². The van der Waals surface area contributed by atoms with E-state index >= 15 is 0 Å². The van der Waals surface area contributed by atoms with Crippen molar-refractivity contribution in [3.63, 3.8) is 0 Å². The normalized spacial score (nSPS) is 15.1. The van der Waals surface area contributed by atoms with E-state index in [1.54, 1.807) is 18.2 Å². The number of benzene rings is 1. The van der Waals surface area contributed by atoms with E-state index in [-0.39, 0.29) is 23.7 Å². The fourth-order valence-corrected chi connectivity index (χ4v) is 0.848. The van der Waals surface area contributed by atoms with Crippen molar-refractivity contribution in [1.82, 2.24) is 0 Å². The van der Waals surface area contributed by atoms with E-state index in [0.717, 1.165) is 0 Å². The van der Waals surface area contributed by atoms with Crippen molar-refractivity contribution in [3.8, 4) is 5.75 Å². The Morgan fingerprint density at radius 3 is 2.46 bits per heavy atom. The zero-order valence-corrected chi connectivity index (χ0v) is 7.83. The Morgan fingerprint density at radius 1 is 1.31 bits per heavy atom. The van der Waals surface area contributed by atoms with Crippen LogP contribution in [0.4, 0.5) is 4.39 Å². The molecule has 0 amide bonds. The van der Waals surface area contributed by atoms with Crippen LogP contribution < -0.4 is 10.5 Å². The van der Waals surface area contributed by atoms with Crippen LogP contribution in [0.1, 0.15) is 13.8 Å². The molecule has 0 aromatic heterocycles. The Kier molecular flexibility index (Phi) is 3.25. The van der Waals surface area contributed by atoms with E-state index in [4.69, 9.17) is 10.5 Å². The number of halogens is 1. The molecule has 1 aromatic carbocycles. The molecule has 1 unspecified atom stereocenters. The van der Waals surface area contributed by atoms with Gasteiger partial charge in [0.05, 0.1) is 0 Å². The third kappa shape index (κ3) is 2.70. The summed E-state index contributed by atoms with van der Waals surface area (Å²) < 4.78 is 18.4. The maximum atomic E-state index is 13.0. The second-order valence-corrected chi connectivity index (χ2v) is 3.11. The smallest absolute Gasteiger partial charge is 0.165 e. The third-order valence-corrected chi connectivity index (χ3v) is 1.89. The molecule has 0 saturated carbocycles. The van der Waals surface area contributed by atoms with Gasteiger partial charge in [0.15, 0.2) is 11.6 Å². The van der Waals surface area contributed by atoms with Crippen LogP contribution in [-0.4, -0.2) is 12.1 Å². The van der Waals surface area contributed by atoms with E-state index < -0.39 is 0 Å². The van der Waals surface area contributed by atoms with E-state index in [0.29, 0.717) is 0 Å². The average molecular weight is 183 g/mol. The summed E-state index contributed by atoms with van der Waals surface area (Å²) >= 11 is 0. The lowest BCUT2D eigenvalue weighted by Gasteiger charge is -2.18. The van der Waals surface area contributed by atoms with Gasteiger partial charge in [-0.25, -0.2) is 4.39 Å². The molecule has 3 heteroatoms. The molecule has 0 aliphatic rings. The van der Waals surface area contributed by atoms with Gasteiger partial charge in [-0.05, 0) is 26.0 Å². The average Bonchev–Trinajstić information content (AvgIpc) is 2.08. The predicted molar refractivity (Wildman–Crippen MR) is 50.1 cm³/mol. The fourth-order valence-electron chi connectivity index (χ4n) is 0.848. The molecule has 13 heavy (non-hydrogen) atoms. The summed E-state index contributed by atoms with van der Waals surface area (Å²) in [5.74, 6) is -0.0951. The molecular formula is C10H14FNO. The quantitative estimate of drug-likeness (QED) is 0.777. The summed E-state index contributed by atoms with van der Waals surface area (Å²) in [5, 5.41) is 0. The van der Waals surface area contributed by atoms with Crippen molar-refractivity contribution >= 4 is 0 Å². The van der Waals surface area contributed by atoms with Crippen LogP contribution in [0, 0.1) is 5.82 Å². The highest BCUT2D eigenvalue weighted by atomic mass is 19.1. The summed E-state index contributed by atoms with van der Waals surface area (Å²) in [6, 6.07) is 6.20. The topological polar surface area (TPSA) is 35.2 Å². The molecule has 72 valence electrons. The van der Waals surface area contributed by atoms with Crippen LogP contribution in [0.2, 0.25) is 0 Å². The first-order chi connectivity index (χ1) is 6.11. The standard InChI is InChI=1S/C10H14FNO/c1-7(12)8(2)13-10-6-4-3-5-9(10)11/h3-8H,12H2,1-2H3/t7-,8?/m0/s1. The summed E-state index contributed by atoms with van der Waals surface area (Å²) in [5.41, 5.74) is 5.59. The highest BCUT2D eigenvalue weighted by molar-refractivity contribution is 5.23. The number of ether oxygens (including phenoxy) is 1. The van der Waals surface area contributed by atoms with E-state index in [9.17, 15) is 4.39 Å². The molecule has 0 fully saturated rings. The number of nitrogens with two attached hydrogens (primary N) is 1. The molecule has 0 bridgehead atoms. The third-order valence-electron chi connectivity index (χ3n) is 1.89. The first kappa shape index (κ1) is 9.99. The Morgan fingerprint density at radius 2 is 1.92 bits per heavy atom. The highest BCUT2D eigenvalue weighted by Gasteiger charge is 2.10. The van der Waals surface area contributed by atoms with Gasteiger partial charge >= 0.3 is 0 Å². The molecular weight excluding hydrogens is 169 g/mol. The Labute approximate surface area is 77.5 Å². The number of hydrogen-bond donors (Lipinski definition) is 1. The molecule has 0 radical (unpaired) electrons. The Hall–Kier alpha value is -1.09. The Bertz CT molecular complexity index is 275. The van der Waals surface area contributed by atoms with Gasteiger partial charge in [0.25, 0.3) is 0 Å². The van der Waals surface area contributed by atoms with Gasteiger partial charge in [-0.2, -0.15) is 0 Å². The summed E-state index contributed by atoms with van der Waals surface area (Å²) in [6.07, 6.45) is -0.183. The van der Waals surface area contributed by atoms with Crippen LogP contribution in [0.25, 0.3) is 0 Å². The number of hydrogen-bond acceptors (Lipinski definition) is 2. The van der Waals surface area contributed by atoms with Crippen LogP contribution in [-0.2, 0) is 0 Å². The summed E-state index contributed by atoms with van der Waals surface area (Å²) in [7, 11) is 0. The van der Waals surface area contributed by atoms with Crippen molar-refractivity contribution < 1.29 is 9.13 Å². The fraction of sp³-hybridized carbons (Fsp3) is 0.400. The molecule has 2 atom stereocenters. The molecule has 2 nitrogen and oxygen atoms in total. The lowest BCUT2D eigenvalue weighted by atomic mass is 10.2. The molecule has 1 aromatic rings. The maximum absolute atomic E-state index is 13.0. The molecule has 0 spiro atoms. The van der Waals surface area contributed by atoms with E-state index in [2.05, 4.69) is 0 Å². The second kappa shape index (κ2) is 4.23. The van der Waals surface area contributed by atoms with Crippen molar-refractivity contribution in [3.05, 3.63) is 30.1 Å². The van der Waals surface area contributed by atoms with E-state index in [1.165, 1.54) is 6.07 Å². The van der Waals surface area contributed by atoms with Gasteiger partial charge in [-0.15, -0.1) is 0 Å². The van der Waals surface area contributed by atoms with Crippen molar-refractivity contribution in [2.24, 2.45) is 5.73 Å². The zero-order valence-electron chi connectivity index (χ0n) is 7.83. The van der Waals surface area contributed by atoms with Gasteiger partial charge in [0, 0.05) is 6.04 Å². The van der Waals surface area contributed by atoms with Crippen LogP contribution in [0.3, 0.4) is 0 Å². The molecule has 0 aliphatic heterocycles. The number of para-hydroxylation sites is 1. The molecule has 0 saturated heterocycles. The minimum absolute atomic E-state index is 0.111. The molecule has 1 rings (SSSR count). The Balaban J connectivity index is 2.69. The summed E-state index contributed by atoms with van der Waals surface area (Å²) in [6.45, 7) is 3.64. The molecule has 0 heterocycles. The van der Waals surface area contributed by atoms with Gasteiger partial charge in [0.2, 0.25) is 0 Å². The van der Waals surface area contributed by atoms with Crippen molar-refractivity contribution in [1.29, 1.82) is 0 Å². The van der Waals surface area contributed by atoms with E-state index in [1.807, 2.05) is 13.8 Å². The monoisotopic (exact) mass is 183 g/mol. The number of rotatable bonds is 3. The SMILES string of the molecule is CC(Oc1ccccc1F)[C@H](C)N. The minimum Gasteiger partial charge on any atom is -0.486 e. The van der Waals surface area contributed by atoms with Crippen molar-refractivity contribution in [2.45, 2.75) is 26.0 Å².